The predicted octanol–water partition coefficient (Wildman–Crippen LogP) is 2.20. The van der Waals surface area contributed by atoms with Crippen LogP contribution in [0.4, 0.5) is 0 Å². The summed E-state index contributed by atoms with van der Waals surface area (Å²) in [5.74, 6) is 6.09. The van der Waals surface area contributed by atoms with Gasteiger partial charge in [-0.05, 0) is 25.8 Å². The quantitative estimate of drug-likeness (QED) is 0.498. The molecular formula is C15H22N2O2. The monoisotopic (exact) mass is 262 g/mol. The normalized spacial score (nSPS) is 17.8. The molecular weight excluding hydrogens is 240 g/mol. The summed E-state index contributed by atoms with van der Waals surface area (Å²) in [6.07, 6.45) is 4.93. The van der Waals surface area contributed by atoms with Crippen LogP contribution >= 0.6 is 0 Å². The smallest absolute Gasteiger partial charge is 0.244 e. The molecule has 0 bridgehead atoms. The largest absolute Gasteiger partial charge is 0.496 e. The molecule has 3 N–H and O–H groups in total. The standard InChI is InChI=1S/C15H22N2O2/c1-11-6-7-13(19-2)12(10-11)15(14(18)17-16)8-4-3-5-9-15/h6-7,10H,3-5,8-9,16H2,1-2H3,(H,17,18). The predicted molar refractivity (Wildman–Crippen MR) is 74.8 cm³/mol. The Kier molecular flexibility index (Phi) is 4.10. The summed E-state index contributed by atoms with van der Waals surface area (Å²) in [6.45, 7) is 2.03. The highest BCUT2D eigenvalue weighted by molar-refractivity contribution is 5.88. The summed E-state index contributed by atoms with van der Waals surface area (Å²) in [4.78, 5) is 12.4. The number of hydrogen-bond acceptors (Lipinski definition) is 3. The highest BCUT2D eigenvalue weighted by Crippen LogP contribution is 2.43. The summed E-state index contributed by atoms with van der Waals surface area (Å²) >= 11 is 0. The lowest BCUT2D eigenvalue weighted by Crippen LogP contribution is -2.48. The SMILES string of the molecule is COc1ccc(C)cc1C1(C(=O)NN)CCCCC1. The maximum Gasteiger partial charge on any atom is 0.244 e. The van der Waals surface area contributed by atoms with E-state index in [4.69, 9.17) is 10.6 Å². The number of nitrogens with one attached hydrogen (secondary N) is 1. The van der Waals surface area contributed by atoms with Crippen LogP contribution in [-0.2, 0) is 10.2 Å². The maximum atomic E-state index is 12.4. The molecule has 0 unspecified atom stereocenters. The van der Waals surface area contributed by atoms with Crippen molar-refractivity contribution < 1.29 is 9.53 Å². The van der Waals surface area contributed by atoms with Crippen LogP contribution in [0.15, 0.2) is 18.2 Å². The van der Waals surface area contributed by atoms with Crippen LogP contribution < -0.4 is 16.0 Å². The van der Waals surface area contributed by atoms with Gasteiger partial charge in [0.2, 0.25) is 5.91 Å². The molecule has 0 radical (unpaired) electrons. The molecule has 4 nitrogen and oxygen atoms in total. The third-order valence-corrected chi connectivity index (χ3v) is 4.14. The zero-order valence-electron chi connectivity index (χ0n) is 11.7. The molecule has 1 amide bonds. The van der Waals surface area contributed by atoms with E-state index in [0.29, 0.717) is 0 Å². The number of ether oxygens (including phenoxy) is 1. The number of aryl methyl sites for hydroxylation is 1. The van der Waals surface area contributed by atoms with Crippen molar-refractivity contribution in [3.63, 3.8) is 0 Å². The average molecular weight is 262 g/mol. The fourth-order valence-corrected chi connectivity index (χ4v) is 3.11. The molecule has 1 saturated carbocycles. The highest BCUT2D eigenvalue weighted by Gasteiger charge is 2.42. The molecule has 1 fully saturated rings. The van der Waals surface area contributed by atoms with E-state index in [1.165, 1.54) is 6.42 Å². The summed E-state index contributed by atoms with van der Waals surface area (Å²) in [5.41, 5.74) is 3.91. The molecule has 0 atom stereocenters. The Morgan fingerprint density at radius 1 is 1.32 bits per heavy atom. The molecule has 1 aliphatic carbocycles. The minimum atomic E-state index is -0.537. The maximum absolute atomic E-state index is 12.4. The molecule has 0 aromatic heterocycles. The Hall–Kier alpha value is -1.55. The second-order valence-electron chi connectivity index (χ2n) is 5.32. The van der Waals surface area contributed by atoms with Crippen LogP contribution in [0, 0.1) is 6.92 Å². The lowest BCUT2D eigenvalue weighted by atomic mass is 9.68. The lowest BCUT2D eigenvalue weighted by molar-refractivity contribution is -0.128. The summed E-state index contributed by atoms with van der Waals surface area (Å²) in [7, 11) is 1.64. The van der Waals surface area contributed by atoms with Gasteiger partial charge in [0.25, 0.3) is 0 Å². The number of hydrazine groups is 1. The van der Waals surface area contributed by atoms with Crippen LogP contribution in [0.5, 0.6) is 5.75 Å². The molecule has 104 valence electrons. The van der Waals surface area contributed by atoms with E-state index in [1.807, 2.05) is 19.1 Å². The third kappa shape index (κ3) is 2.45. The lowest BCUT2D eigenvalue weighted by Gasteiger charge is -2.36. The van der Waals surface area contributed by atoms with Gasteiger partial charge in [0.15, 0.2) is 0 Å². The number of benzene rings is 1. The summed E-state index contributed by atoms with van der Waals surface area (Å²) < 4.78 is 5.45. The molecule has 1 aliphatic rings. The molecule has 19 heavy (non-hydrogen) atoms. The van der Waals surface area contributed by atoms with E-state index >= 15 is 0 Å². The minimum Gasteiger partial charge on any atom is -0.496 e. The molecule has 1 aromatic rings. The van der Waals surface area contributed by atoms with E-state index < -0.39 is 5.41 Å². The van der Waals surface area contributed by atoms with Gasteiger partial charge in [0.05, 0.1) is 12.5 Å². The van der Waals surface area contributed by atoms with Gasteiger partial charge < -0.3 is 4.74 Å². The summed E-state index contributed by atoms with van der Waals surface area (Å²) in [5, 5.41) is 0. The Labute approximate surface area is 114 Å². The molecule has 0 saturated heterocycles. The third-order valence-electron chi connectivity index (χ3n) is 4.14. The van der Waals surface area contributed by atoms with E-state index in [2.05, 4.69) is 11.5 Å². The van der Waals surface area contributed by atoms with Crippen molar-refractivity contribution in [1.29, 1.82) is 0 Å². The zero-order chi connectivity index (χ0) is 13.9. The first-order chi connectivity index (χ1) is 9.14. The van der Waals surface area contributed by atoms with E-state index in [0.717, 1.165) is 42.6 Å². The molecule has 0 heterocycles. The number of methoxy groups -OCH3 is 1. The van der Waals surface area contributed by atoms with Crippen molar-refractivity contribution >= 4 is 5.91 Å². The van der Waals surface area contributed by atoms with Crippen molar-refractivity contribution in [3.05, 3.63) is 29.3 Å². The molecule has 1 aromatic carbocycles. The first kappa shape index (κ1) is 13.9. The molecule has 0 aliphatic heterocycles. The number of carbonyl (C=O) groups excluding carboxylic acids is 1. The van der Waals surface area contributed by atoms with Crippen molar-refractivity contribution in [1.82, 2.24) is 5.43 Å². The van der Waals surface area contributed by atoms with Crippen molar-refractivity contribution in [2.45, 2.75) is 44.4 Å². The van der Waals surface area contributed by atoms with Gasteiger partial charge in [0.1, 0.15) is 5.75 Å². The molecule has 0 spiro atoms. The summed E-state index contributed by atoms with van der Waals surface area (Å²) in [6, 6.07) is 5.99. The Bertz CT molecular complexity index is 465. The number of carbonyl (C=O) groups is 1. The van der Waals surface area contributed by atoms with Gasteiger partial charge >= 0.3 is 0 Å². The van der Waals surface area contributed by atoms with Crippen LogP contribution in [0.2, 0.25) is 0 Å². The first-order valence-corrected chi connectivity index (χ1v) is 6.80. The number of amides is 1. The van der Waals surface area contributed by atoms with Gasteiger partial charge in [0, 0.05) is 5.56 Å². The first-order valence-electron chi connectivity index (χ1n) is 6.80. The fourth-order valence-electron chi connectivity index (χ4n) is 3.11. The van der Waals surface area contributed by atoms with Crippen molar-refractivity contribution in [3.8, 4) is 5.75 Å². The second kappa shape index (κ2) is 5.61. The zero-order valence-corrected chi connectivity index (χ0v) is 11.7. The Morgan fingerprint density at radius 3 is 2.58 bits per heavy atom. The van der Waals surface area contributed by atoms with Crippen molar-refractivity contribution in [2.75, 3.05) is 7.11 Å². The van der Waals surface area contributed by atoms with Crippen LogP contribution in [0.3, 0.4) is 0 Å². The van der Waals surface area contributed by atoms with Crippen LogP contribution in [0.1, 0.15) is 43.2 Å². The number of nitrogens with two attached hydrogens (primary N) is 1. The van der Waals surface area contributed by atoms with Gasteiger partial charge in [-0.3, -0.25) is 10.2 Å². The van der Waals surface area contributed by atoms with Gasteiger partial charge in [-0.2, -0.15) is 0 Å². The molecule has 2 rings (SSSR count). The average Bonchev–Trinajstić information content (AvgIpc) is 2.47. The van der Waals surface area contributed by atoms with Crippen LogP contribution in [-0.4, -0.2) is 13.0 Å². The van der Waals surface area contributed by atoms with Gasteiger partial charge in [-0.25, -0.2) is 5.84 Å². The van der Waals surface area contributed by atoms with E-state index in [1.54, 1.807) is 7.11 Å². The van der Waals surface area contributed by atoms with Gasteiger partial charge in [-0.1, -0.05) is 37.0 Å². The fraction of sp³-hybridized carbons (Fsp3) is 0.533. The molecule has 4 heteroatoms. The Morgan fingerprint density at radius 2 is 2.00 bits per heavy atom. The Balaban J connectivity index is 2.54. The van der Waals surface area contributed by atoms with Gasteiger partial charge in [-0.15, -0.1) is 0 Å². The van der Waals surface area contributed by atoms with Crippen molar-refractivity contribution in [2.24, 2.45) is 5.84 Å². The number of rotatable bonds is 3. The number of hydrogen-bond donors (Lipinski definition) is 2. The second-order valence-corrected chi connectivity index (χ2v) is 5.32. The highest BCUT2D eigenvalue weighted by atomic mass is 16.5. The van der Waals surface area contributed by atoms with E-state index in [-0.39, 0.29) is 5.91 Å². The van der Waals surface area contributed by atoms with E-state index in [9.17, 15) is 4.79 Å². The van der Waals surface area contributed by atoms with Crippen LogP contribution in [0.25, 0.3) is 0 Å². The topological polar surface area (TPSA) is 64.3 Å². The minimum absolute atomic E-state index is 0.101.